The predicted molar refractivity (Wildman–Crippen MR) is 93.9 cm³/mol. The van der Waals surface area contributed by atoms with E-state index in [1.54, 1.807) is 12.1 Å². The molecule has 8 heteroatoms. The summed E-state index contributed by atoms with van der Waals surface area (Å²) in [5.74, 6) is -0.0227. The molecule has 0 radical (unpaired) electrons. The highest BCUT2D eigenvalue weighted by Gasteiger charge is 2.32. The predicted octanol–water partition coefficient (Wildman–Crippen LogP) is 2.31. The van der Waals surface area contributed by atoms with Crippen LogP contribution < -0.4 is 16.4 Å². The fraction of sp³-hybridized carbons (Fsp3) is 0.533. The van der Waals surface area contributed by atoms with Crippen LogP contribution in [-0.4, -0.2) is 30.5 Å². The zero-order valence-corrected chi connectivity index (χ0v) is 14.3. The van der Waals surface area contributed by atoms with Gasteiger partial charge in [-0.2, -0.15) is 0 Å². The van der Waals surface area contributed by atoms with Gasteiger partial charge in [-0.1, -0.05) is 13.8 Å². The number of benzene rings is 1. The van der Waals surface area contributed by atoms with Gasteiger partial charge in [-0.3, -0.25) is 14.9 Å². The molecule has 0 aliphatic heterocycles. The molecule has 130 valence electrons. The van der Waals surface area contributed by atoms with Crippen molar-refractivity contribution < 1.29 is 9.72 Å². The van der Waals surface area contributed by atoms with Gasteiger partial charge in [0.15, 0.2) is 0 Å². The molecule has 1 rings (SSSR count). The number of rotatable bonds is 9. The Kier molecular flexibility index (Phi) is 9.21. The van der Waals surface area contributed by atoms with E-state index >= 15 is 0 Å². The zero-order chi connectivity index (χ0) is 16.6. The normalized spacial score (nSPS) is 10.6. The number of carbonyl (C=O) groups excluding carboxylic acids is 1. The molecule has 7 nitrogen and oxygen atoms in total. The monoisotopic (exact) mass is 344 g/mol. The van der Waals surface area contributed by atoms with Crippen LogP contribution in [0.1, 0.15) is 26.7 Å². The summed E-state index contributed by atoms with van der Waals surface area (Å²) in [7, 11) is 0. The average molecular weight is 345 g/mol. The molecule has 0 aliphatic carbocycles. The van der Waals surface area contributed by atoms with Crippen LogP contribution >= 0.6 is 12.4 Å². The highest BCUT2D eigenvalue weighted by molar-refractivity contribution is 5.85. The van der Waals surface area contributed by atoms with Crippen LogP contribution in [0.3, 0.4) is 0 Å². The van der Waals surface area contributed by atoms with Crippen molar-refractivity contribution >= 4 is 29.7 Å². The minimum atomic E-state index is -0.493. The number of non-ortho nitro benzene ring substituents is 1. The molecule has 0 atom stereocenters. The Labute approximate surface area is 142 Å². The van der Waals surface area contributed by atoms with Crippen molar-refractivity contribution in [1.82, 2.24) is 5.32 Å². The van der Waals surface area contributed by atoms with Crippen LogP contribution in [0.4, 0.5) is 11.4 Å². The number of amides is 1. The van der Waals surface area contributed by atoms with E-state index in [2.05, 4.69) is 10.6 Å². The van der Waals surface area contributed by atoms with Gasteiger partial charge in [0, 0.05) is 37.5 Å². The molecular weight excluding hydrogens is 320 g/mol. The van der Waals surface area contributed by atoms with Crippen LogP contribution in [0.25, 0.3) is 0 Å². The van der Waals surface area contributed by atoms with Crippen LogP contribution in [-0.2, 0) is 4.79 Å². The lowest BCUT2D eigenvalue weighted by Gasteiger charge is -2.28. The van der Waals surface area contributed by atoms with E-state index in [0.29, 0.717) is 32.5 Å². The largest absolute Gasteiger partial charge is 0.383 e. The lowest BCUT2D eigenvalue weighted by molar-refractivity contribution is -0.384. The van der Waals surface area contributed by atoms with Crippen molar-refractivity contribution in [3.05, 3.63) is 34.4 Å². The van der Waals surface area contributed by atoms with Crippen molar-refractivity contribution in [1.29, 1.82) is 0 Å². The molecular formula is C15H25ClN4O3. The summed E-state index contributed by atoms with van der Waals surface area (Å²) in [6.07, 6.45) is 1.42. The Morgan fingerprint density at radius 3 is 2.22 bits per heavy atom. The van der Waals surface area contributed by atoms with Crippen LogP contribution in [0.5, 0.6) is 0 Å². The number of hydrogen-bond acceptors (Lipinski definition) is 5. The number of nitro groups is 1. The second-order valence-corrected chi connectivity index (χ2v) is 5.18. The Balaban J connectivity index is 0.00000484. The maximum atomic E-state index is 12.2. The molecule has 0 saturated heterocycles. The van der Waals surface area contributed by atoms with E-state index in [4.69, 9.17) is 5.73 Å². The van der Waals surface area contributed by atoms with E-state index in [1.165, 1.54) is 12.1 Å². The van der Waals surface area contributed by atoms with Gasteiger partial charge in [-0.05, 0) is 25.0 Å². The Hall–Kier alpha value is -1.86. The van der Waals surface area contributed by atoms with E-state index in [-0.39, 0.29) is 24.0 Å². The van der Waals surface area contributed by atoms with Crippen LogP contribution in [0.15, 0.2) is 24.3 Å². The van der Waals surface area contributed by atoms with Crippen LogP contribution in [0.2, 0.25) is 0 Å². The highest BCUT2D eigenvalue weighted by Crippen LogP contribution is 2.24. The number of hydrogen-bond donors (Lipinski definition) is 3. The summed E-state index contributed by atoms with van der Waals surface area (Å²) < 4.78 is 0. The van der Waals surface area contributed by atoms with Crippen molar-refractivity contribution in [3.63, 3.8) is 0 Å². The van der Waals surface area contributed by atoms with Crippen molar-refractivity contribution in [2.45, 2.75) is 26.7 Å². The smallest absolute Gasteiger partial charge is 0.269 e. The maximum Gasteiger partial charge on any atom is 0.269 e. The number of nitro benzene ring substituents is 1. The molecule has 1 amide bonds. The third kappa shape index (κ3) is 5.69. The van der Waals surface area contributed by atoms with E-state index in [9.17, 15) is 14.9 Å². The summed E-state index contributed by atoms with van der Waals surface area (Å²) in [5.41, 5.74) is 6.07. The standard InChI is InChI=1S/C15H24N4O3.ClH/c1-3-15(4-2,11-16)14(20)18-10-9-17-12-5-7-13(8-6-12)19(21)22;/h5-8,17H,3-4,9-11,16H2,1-2H3,(H,18,20);1H. The quantitative estimate of drug-likeness (QED) is 0.361. The topological polar surface area (TPSA) is 110 Å². The minimum Gasteiger partial charge on any atom is -0.383 e. The molecule has 0 unspecified atom stereocenters. The van der Waals surface area contributed by atoms with Crippen LogP contribution in [0, 0.1) is 15.5 Å². The molecule has 0 spiro atoms. The SMILES string of the molecule is CCC(CC)(CN)C(=O)NCCNc1ccc([N+](=O)[O-])cc1.Cl. The highest BCUT2D eigenvalue weighted by atomic mass is 35.5. The van der Waals surface area contributed by atoms with Gasteiger partial charge in [-0.25, -0.2) is 0 Å². The summed E-state index contributed by atoms with van der Waals surface area (Å²) >= 11 is 0. The molecule has 1 aromatic carbocycles. The van der Waals surface area contributed by atoms with Gasteiger partial charge in [0.2, 0.25) is 5.91 Å². The molecule has 23 heavy (non-hydrogen) atoms. The number of nitrogens with one attached hydrogen (secondary N) is 2. The van der Waals surface area contributed by atoms with Gasteiger partial charge in [0.1, 0.15) is 0 Å². The molecule has 0 fully saturated rings. The van der Waals surface area contributed by atoms with Gasteiger partial charge in [0.25, 0.3) is 5.69 Å². The Morgan fingerprint density at radius 2 is 1.78 bits per heavy atom. The first-order chi connectivity index (χ1) is 10.5. The summed E-state index contributed by atoms with van der Waals surface area (Å²) in [4.78, 5) is 22.3. The minimum absolute atomic E-state index is 0. The number of nitrogens with two attached hydrogens (primary N) is 1. The van der Waals surface area contributed by atoms with Crippen molar-refractivity contribution in [2.24, 2.45) is 11.1 Å². The lowest BCUT2D eigenvalue weighted by Crippen LogP contribution is -2.46. The number of anilines is 1. The van der Waals surface area contributed by atoms with E-state index in [0.717, 1.165) is 5.69 Å². The molecule has 0 heterocycles. The van der Waals surface area contributed by atoms with Crippen molar-refractivity contribution in [2.75, 3.05) is 25.0 Å². The zero-order valence-electron chi connectivity index (χ0n) is 13.5. The van der Waals surface area contributed by atoms with E-state index in [1.807, 2.05) is 13.8 Å². The molecule has 1 aromatic rings. The van der Waals surface area contributed by atoms with Gasteiger partial charge < -0.3 is 16.4 Å². The molecule has 0 saturated carbocycles. The fourth-order valence-electron chi connectivity index (χ4n) is 2.22. The second-order valence-electron chi connectivity index (χ2n) is 5.18. The molecule has 4 N–H and O–H groups in total. The summed E-state index contributed by atoms with van der Waals surface area (Å²) in [5, 5.41) is 16.5. The molecule has 0 aromatic heterocycles. The number of carbonyl (C=O) groups is 1. The van der Waals surface area contributed by atoms with Gasteiger partial charge >= 0.3 is 0 Å². The summed E-state index contributed by atoms with van der Waals surface area (Å²) in [6, 6.07) is 6.16. The van der Waals surface area contributed by atoms with Gasteiger partial charge in [-0.15, -0.1) is 12.4 Å². The maximum absolute atomic E-state index is 12.2. The molecule has 0 aliphatic rings. The number of halogens is 1. The second kappa shape index (κ2) is 10.0. The first kappa shape index (κ1) is 21.1. The Bertz CT molecular complexity index is 496. The summed E-state index contributed by atoms with van der Waals surface area (Å²) in [6.45, 7) is 5.27. The first-order valence-corrected chi connectivity index (χ1v) is 7.45. The first-order valence-electron chi connectivity index (χ1n) is 7.45. The Morgan fingerprint density at radius 1 is 1.22 bits per heavy atom. The van der Waals surface area contributed by atoms with Gasteiger partial charge in [0.05, 0.1) is 10.3 Å². The van der Waals surface area contributed by atoms with E-state index < -0.39 is 10.3 Å². The van der Waals surface area contributed by atoms with Crippen molar-refractivity contribution in [3.8, 4) is 0 Å². The average Bonchev–Trinajstić information content (AvgIpc) is 2.54. The number of nitrogens with zero attached hydrogens (tertiary/aromatic N) is 1. The fourth-order valence-corrected chi connectivity index (χ4v) is 2.22. The third-order valence-electron chi connectivity index (χ3n) is 4.04. The molecule has 0 bridgehead atoms. The lowest BCUT2D eigenvalue weighted by atomic mass is 9.81. The third-order valence-corrected chi connectivity index (χ3v) is 4.04.